The summed E-state index contributed by atoms with van der Waals surface area (Å²) in [5, 5.41) is 3.41. The molecule has 0 radical (unpaired) electrons. The predicted molar refractivity (Wildman–Crippen MR) is 79.5 cm³/mol. The fraction of sp³-hybridized carbons (Fsp3) is 0.562. The van der Waals surface area contributed by atoms with Crippen LogP contribution in [0.2, 0.25) is 0 Å². The van der Waals surface area contributed by atoms with E-state index in [1.165, 1.54) is 18.4 Å². The third-order valence-electron chi connectivity index (χ3n) is 4.01. The number of piperidine rings is 1. The third-order valence-corrected chi connectivity index (χ3v) is 4.01. The second-order valence-electron chi connectivity index (χ2n) is 5.51. The van der Waals surface area contributed by atoms with Crippen LogP contribution in [0.1, 0.15) is 18.4 Å². The van der Waals surface area contributed by atoms with Gasteiger partial charge < -0.3 is 14.8 Å². The summed E-state index contributed by atoms with van der Waals surface area (Å²) in [5.41, 5.74) is 1.27. The molecule has 2 aliphatic rings. The van der Waals surface area contributed by atoms with E-state index in [0.717, 1.165) is 37.7 Å². The summed E-state index contributed by atoms with van der Waals surface area (Å²) in [6.07, 6.45) is 3.52. The molecule has 1 aromatic carbocycles. The Morgan fingerprint density at radius 3 is 2.90 bits per heavy atom. The SMILES string of the molecule is COc1ccc(CC2CN=C(C3CCCNC3)O2)cc1. The molecular weight excluding hydrogens is 252 g/mol. The lowest BCUT2D eigenvalue weighted by molar-refractivity contribution is 0.205. The number of ether oxygens (including phenoxy) is 2. The summed E-state index contributed by atoms with van der Waals surface area (Å²) in [7, 11) is 1.69. The van der Waals surface area contributed by atoms with Crippen molar-refractivity contribution < 1.29 is 9.47 Å². The van der Waals surface area contributed by atoms with Crippen LogP contribution in [-0.2, 0) is 11.2 Å². The molecule has 3 rings (SSSR count). The fourth-order valence-corrected chi connectivity index (χ4v) is 2.86. The Morgan fingerprint density at radius 1 is 1.35 bits per heavy atom. The first kappa shape index (κ1) is 13.4. The summed E-state index contributed by atoms with van der Waals surface area (Å²) in [5.74, 6) is 2.34. The highest BCUT2D eigenvalue weighted by atomic mass is 16.5. The van der Waals surface area contributed by atoms with Gasteiger partial charge in [-0.25, -0.2) is 0 Å². The molecule has 0 aliphatic carbocycles. The quantitative estimate of drug-likeness (QED) is 0.913. The molecular formula is C16H22N2O2. The Labute approximate surface area is 120 Å². The molecule has 2 heterocycles. The highest BCUT2D eigenvalue weighted by Crippen LogP contribution is 2.21. The molecule has 108 valence electrons. The molecule has 2 atom stereocenters. The van der Waals surface area contributed by atoms with Crippen molar-refractivity contribution in [3.05, 3.63) is 29.8 Å². The van der Waals surface area contributed by atoms with E-state index >= 15 is 0 Å². The van der Waals surface area contributed by atoms with E-state index in [9.17, 15) is 0 Å². The number of hydrogen-bond acceptors (Lipinski definition) is 4. The molecule has 2 unspecified atom stereocenters. The monoisotopic (exact) mass is 274 g/mol. The van der Waals surface area contributed by atoms with Crippen molar-refractivity contribution in [3.63, 3.8) is 0 Å². The number of nitrogens with zero attached hydrogens (tertiary/aromatic N) is 1. The van der Waals surface area contributed by atoms with E-state index in [-0.39, 0.29) is 6.10 Å². The maximum absolute atomic E-state index is 6.04. The molecule has 0 bridgehead atoms. The van der Waals surface area contributed by atoms with Crippen LogP contribution in [0.3, 0.4) is 0 Å². The molecule has 1 aromatic rings. The zero-order chi connectivity index (χ0) is 13.8. The van der Waals surface area contributed by atoms with Gasteiger partial charge in [0.05, 0.1) is 13.7 Å². The van der Waals surface area contributed by atoms with Crippen molar-refractivity contribution in [2.75, 3.05) is 26.7 Å². The van der Waals surface area contributed by atoms with Crippen LogP contribution in [0.5, 0.6) is 5.75 Å². The smallest absolute Gasteiger partial charge is 0.188 e. The molecule has 0 aromatic heterocycles. The number of methoxy groups -OCH3 is 1. The first-order chi connectivity index (χ1) is 9.85. The Morgan fingerprint density at radius 2 is 2.20 bits per heavy atom. The predicted octanol–water partition coefficient (Wildman–Crippen LogP) is 2.03. The van der Waals surface area contributed by atoms with Gasteiger partial charge in [-0.3, -0.25) is 4.99 Å². The molecule has 1 N–H and O–H groups in total. The lowest BCUT2D eigenvalue weighted by atomic mass is 10.00. The van der Waals surface area contributed by atoms with E-state index in [0.29, 0.717) is 5.92 Å². The zero-order valence-electron chi connectivity index (χ0n) is 12.0. The molecule has 2 aliphatic heterocycles. The minimum absolute atomic E-state index is 0.195. The van der Waals surface area contributed by atoms with Gasteiger partial charge in [0.15, 0.2) is 5.90 Å². The van der Waals surface area contributed by atoms with Crippen molar-refractivity contribution in [2.45, 2.75) is 25.4 Å². The van der Waals surface area contributed by atoms with Crippen LogP contribution >= 0.6 is 0 Å². The Bertz CT molecular complexity index is 464. The molecule has 4 heteroatoms. The molecule has 0 amide bonds. The van der Waals surface area contributed by atoms with Crippen LogP contribution in [0.15, 0.2) is 29.3 Å². The summed E-state index contributed by atoms with van der Waals surface area (Å²) in [6, 6.07) is 8.19. The summed E-state index contributed by atoms with van der Waals surface area (Å²) < 4.78 is 11.2. The van der Waals surface area contributed by atoms with Gasteiger partial charge in [-0.1, -0.05) is 12.1 Å². The molecule has 1 saturated heterocycles. The van der Waals surface area contributed by atoms with E-state index in [1.807, 2.05) is 12.1 Å². The Hall–Kier alpha value is -1.55. The highest BCUT2D eigenvalue weighted by Gasteiger charge is 2.27. The minimum Gasteiger partial charge on any atom is -0.497 e. The first-order valence-corrected chi connectivity index (χ1v) is 7.40. The van der Waals surface area contributed by atoms with Crippen molar-refractivity contribution >= 4 is 5.90 Å². The van der Waals surface area contributed by atoms with Crippen molar-refractivity contribution in [1.29, 1.82) is 0 Å². The van der Waals surface area contributed by atoms with Crippen molar-refractivity contribution in [2.24, 2.45) is 10.9 Å². The van der Waals surface area contributed by atoms with E-state index in [4.69, 9.17) is 9.47 Å². The number of aliphatic imine (C=N–C) groups is 1. The van der Waals surface area contributed by atoms with Crippen LogP contribution < -0.4 is 10.1 Å². The first-order valence-electron chi connectivity index (χ1n) is 7.40. The maximum atomic E-state index is 6.04. The van der Waals surface area contributed by atoms with Gasteiger partial charge in [0.25, 0.3) is 0 Å². The molecule has 0 spiro atoms. The zero-order valence-corrected chi connectivity index (χ0v) is 12.0. The van der Waals surface area contributed by atoms with Gasteiger partial charge in [0.2, 0.25) is 0 Å². The van der Waals surface area contributed by atoms with Gasteiger partial charge in [-0.15, -0.1) is 0 Å². The van der Waals surface area contributed by atoms with Gasteiger partial charge in [0.1, 0.15) is 11.9 Å². The van der Waals surface area contributed by atoms with Crippen molar-refractivity contribution in [3.8, 4) is 5.75 Å². The van der Waals surface area contributed by atoms with Gasteiger partial charge >= 0.3 is 0 Å². The number of rotatable bonds is 4. The second kappa shape index (κ2) is 6.27. The highest BCUT2D eigenvalue weighted by molar-refractivity contribution is 5.80. The molecule has 1 fully saturated rings. The van der Waals surface area contributed by atoms with Crippen LogP contribution in [-0.4, -0.2) is 38.7 Å². The number of hydrogen-bond donors (Lipinski definition) is 1. The Kier molecular flexibility index (Phi) is 4.21. The van der Waals surface area contributed by atoms with E-state index < -0.39 is 0 Å². The van der Waals surface area contributed by atoms with E-state index in [2.05, 4.69) is 22.4 Å². The number of nitrogens with one attached hydrogen (secondary N) is 1. The normalized spacial score (nSPS) is 25.9. The fourth-order valence-electron chi connectivity index (χ4n) is 2.86. The van der Waals surface area contributed by atoms with Gasteiger partial charge in [-0.05, 0) is 37.1 Å². The number of benzene rings is 1. The molecule has 20 heavy (non-hydrogen) atoms. The molecule has 4 nitrogen and oxygen atoms in total. The summed E-state index contributed by atoms with van der Waals surface area (Å²) >= 11 is 0. The average molecular weight is 274 g/mol. The maximum Gasteiger partial charge on any atom is 0.188 e. The third kappa shape index (κ3) is 3.12. The van der Waals surface area contributed by atoms with Gasteiger partial charge in [0, 0.05) is 18.9 Å². The van der Waals surface area contributed by atoms with E-state index in [1.54, 1.807) is 7.11 Å². The summed E-state index contributed by atoms with van der Waals surface area (Å²) in [4.78, 5) is 4.60. The van der Waals surface area contributed by atoms with Gasteiger partial charge in [-0.2, -0.15) is 0 Å². The van der Waals surface area contributed by atoms with Crippen molar-refractivity contribution in [1.82, 2.24) is 5.32 Å². The lowest BCUT2D eigenvalue weighted by Gasteiger charge is -2.23. The van der Waals surface area contributed by atoms with Crippen LogP contribution in [0.25, 0.3) is 0 Å². The lowest BCUT2D eigenvalue weighted by Crippen LogP contribution is -2.35. The largest absolute Gasteiger partial charge is 0.497 e. The van der Waals surface area contributed by atoms with Crippen LogP contribution in [0.4, 0.5) is 0 Å². The molecule has 0 saturated carbocycles. The minimum atomic E-state index is 0.195. The second-order valence-corrected chi connectivity index (χ2v) is 5.51. The topological polar surface area (TPSA) is 42.8 Å². The van der Waals surface area contributed by atoms with Crippen LogP contribution in [0, 0.1) is 5.92 Å². The Balaban J connectivity index is 1.53. The average Bonchev–Trinajstić information content (AvgIpc) is 2.97. The standard InChI is InChI=1S/C16H22N2O2/c1-19-14-6-4-12(5-7-14)9-15-11-18-16(20-15)13-3-2-8-17-10-13/h4-7,13,15,17H,2-3,8-11H2,1H3. The summed E-state index contributed by atoms with van der Waals surface area (Å²) in [6.45, 7) is 2.92.